The predicted octanol–water partition coefficient (Wildman–Crippen LogP) is 2.66. The Morgan fingerprint density at radius 2 is 1.43 bits per heavy atom. The Morgan fingerprint density at radius 3 is 1.83 bits per heavy atom. The Labute approximate surface area is 145 Å². The molecule has 0 aromatic heterocycles. The average molecular weight is 360 g/mol. The standard InChI is InChI=1S/C16H24O5S2/c1-3-20-13(17)7-11-9-16(22-5-6-23-16)10-12(15(11)19)8-14(18)21-4-2/h11-12H,3-10H2,1-2H3. The zero-order chi connectivity index (χ0) is 16.9. The summed E-state index contributed by atoms with van der Waals surface area (Å²) in [5, 5.41) is 0. The Morgan fingerprint density at radius 1 is 1.00 bits per heavy atom. The van der Waals surface area contributed by atoms with Crippen LogP contribution in [0.5, 0.6) is 0 Å². The number of ether oxygens (including phenoxy) is 2. The van der Waals surface area contributed by atoms with Crippen LogP contribution >= 0.6 is 23.5 Å². The van der Waals surface area contributed by atoms with Crippen molar-refractivity contribution < 1.29 is 23.9 Å². The lowest BCUT2D eigenvalue weighted by Crippen LogP contribution is -2.41. The summed E-state index contributed by atoms with van der Waals surface area (Å²) < 4.78 is 9.97. The van der Waals surface area contributed by atoms with Crippen LogP contribution in [0.15, 0.2) is 0 Å². The molecule has 0 N–H and O–H groups in total. The van der Waals surface area contributed by atoms with Crippen LogP contribution in [0, 0.1) is 11.8 Å². The van der Waals surface area contributed by atoms with E-state index in [1.165, 1.54) is 0 Å². The number of Topliss-reactive ketones (excluding diaryl/α,β-unsaturated/α-hetero) is 1. The molecule has 2 rings (SSSR count). The van der Waals surface area contributed by atoms with Crippen molar-refractivity contribution in [3.05, 3.63) is 0 Å². The minimum Gasteiger partial charge on any atom is -0.466 e. The van der Waals surface area contributed by atoms with Gasteiger partial charge in [0, 0.05) is 23.3 Å². The molecule has 7 heteroatoms. The Balaban J connectivity index is 2.09. The fourth-order valence-electron chi connectivity index (χ4n) is 3.29. The molecule has 1 saturated carbocycles. The van der Waals surface area contributed by atoms with Gasteiger partial charge in [0.2, 0.25) is 0 Å². The third-order valence-corrected chi connectivity index (χ3v) is 7.67. The van der Waals surface area contributed by atoms with Crippen molar-refractivity contribution in [1.29, 1.82) is 0 Å². The van der Waals surface area contributed by atoms with Crippen LogP contribution in [0.1, 0.15) is 39.5 Å². The van der Waals surface area contributed by atoms with Gasteiger partial charge < -0.3 is 9.47 Å². The smallest absolute Gasteiger partial charge is 0.306 e. The topological polar surface area (TPSA) is 69.7 Å². The van der Waals surface area contributed by atoms with E-state index >= 15 is 0 Å². The van der Waals surface area contributed by atoms with Gasteiger partial charge in [-0.05, 0) is 26.7 Å². The molecule has 5 nitrogen and oxygen atoms in total. The van der Waals surface area contributed by atoms with Gasteiger partial charge in [-0.3, -0.25) is 14.4 Å². The van der Waals surface area contributed by atoms with E-state index in [1.807, 2.05) is 23.5 Å². The maximum Gasteiger partial charge on any atom is 0.306 e. The molecular weight excluding hydrogens is 336 g/mol. The fraction of sp³-hybridized carbons (Fsp3) is 0.812. The molecule has 130 valence electrons. The van der Waals surface area contributed by atoms with Gasteiger partial charge in [-0.25, -0.2) is 0 Å². The summed E-state index contributed by atoms with van der Waals surface area (Å²) in [7, 11) is 0. The fourth-order valence-corrected chi connectivity index (χ4v) is 6.81. The molecule has 2 atom stereocenters. The zero-order valence-corrected chi connectivity index (χ0v) is 15.3. The normalized spacial score (nSPS) is 26.3. The highest BCUT2D eigenvalue weighted by atomic mass is 32.2. The Hall–Kier alpha value is -0.690. The molecule has 0 aromatic carbocycles. The average Bonchev–Trinajstić information content (AvgIpc) is 2.92. The molecule has 2 unspecified atom stereocenters. The van der Waals surface area contributed by atoms with Crippen LogP contribution < -0.4 is 0 Å². The lowest BCUT2D eigenvalue weighted by Gasteiger charge is -2.39. The maximum absolute atomic E-state index is 12.7. The summed E-state index contributed by atoms with van der Waals surface area (Å²) in [5.74, 6) is 0.774. The first kappa shape index (κ1) is 18.6. The Bertz CT molecular complexity index is 425. The first-order valence-corrected chi connectivity index (χ1v) is 10.1. The van der Waals surface area contributed by atoms with Gasteiger partial charge in [0.25, 0.3) is 0 Å². The summed E-state index contributed by atoms with van der Waals surface area (Å²) in [4.78, 5) is 36.3. The van der Waals surface area contributed by atoms with Crippen molar-refractivity contribution in [3.8, 4) is 0 Å². The van der Waals surface area contributed by atoms with Crippen LogP contribution in [0.3, 0.4) is 0 Å². The van der Waals surface area contributed by atoms with Gasteiger partial charge >= 0.3 is 11.9 Å². The van der Waals surface area contributed by atoms with Gasteiger partial charge in [-0.2, -0.15) is 0 Å². The van der Waals surface area contributed by atoms with Gasteiger partial charge in [0.05, 0.1) is 30.1 Å². The van der Waals surface area contributed by atoms with Gasteiger partial charge in [0.1, 0.15) is 5.78 Å². The van der Waals surface area contributed by atoms with Gasteiger partial charge in [-0.1, -0.05) is 0 Å². The van der Waals surface area contributed by atoms with Crippen LogP contribution in [0.25, 0.3) is 0 Å². The van der Waals surface area contributed by atoms with E-state index in [-0.39, 0.29) is 46.5 Å². The van der Waals surface area contributed by atoms with E-state index in [1.54, 1.807) is 13.8 Å². The summed E-state index contributed by atoms with van der Waals surface area (Å²) in [5.41, 5.74) is 0. The molecule has 0 bridgehead atoms. The summed E-state index contributed by atoms with van der Waals surface area (Å²) >= 11 is 3.73. The summed E-state index contributed by atoms with van der Waals surface area (Å²) in [6, 6.07) is 0. The van der Waals surface area contributed by atoms with E-state index in [9.17, 15) is 14.4 Å². The van der Waals surface area contributed by atoms with Crippen molar-refractivity contribution in [2.75, 3.05) is 24.7 Å². The van der Waals surface area contributed by atoms with Gasteiger partial charge in [-0.15, -0.1) is 23.5 Å². The quantitative estimate of drug-likeness (QED) is 0.674. The van der Waals surface area contributed by atoms with E-state index in [2.05, 4.69) is 0 Å². The van der Waals surface area contributed by atoms with Crippen LogP contribution in [0.4, 0.5) is 0 Å². The second kappa shape index (κ2) is 8.42. The molecule has 1 aliphatic heterocycles. The first-order chi connectivity index (χ1) is 11.0. The number of hydrogen-bond donors (Lipinski definition) is 0. The highest BCUT2D eigenvalue weighted by Crippen LogP contribution is 2.55. The maximum atomic E-state index is 12.7. The summed E-state index contributed by atoms with van der Waals surface area (Å²) in [6.45, 7) is 4.16. The van der Waals surface area contributed by atoms with E-state index in [0.717, 1.165) is 11.5 Å². The van der Waals surface area contributed by atoms with Crippen LogP contribution in [-0.2, 0) is 23.9 Å². The van der Waals surface area contributed by atoms with Crippen molar-refractivity contribution >= 4 is 41.2 Å². The lowest BCUT2D eigenvalue weighted by atomic mass is 9.76. The lowest BCUT2D eigenvalue weighted by molar-refractivity contribution is -0.149. The Kier molecular flexibility index (Phi) is 6.83. The molecule has 1 aliphatic carbocycles. The van der Waals surface area contributed by atoms with Crippen LogP contribution in [-0.4, -0.2) is 46.5 Å². The number of rotatable bonds is 6. The van der Waals surface area contributed by atoms with Crippen molar-refractivity contribution in [2.24, 2.45) is 11.8 Å². The monoisotopic (exact) mass is 360 g/mol. The SMILES string of the molecule is CCOC(=O)CC1CC2(CC(CC(=O)OCC)C1=O)SCCS2. The molecule has 0 amide bonds. The highest BCUT2D eigenvalue weighted by molar-refractivity contribution is 8.21. The molecule has 23 heavy (non-hydrogen) atoms. The zero-order valence-electron chi connectivity index (χ0n) is 13.7. The number of carbonyl (C=O) groups is 3. The number of esters is 2. The predicted molar refractivity (Wildman–Crippen MR) is 91.4 cm³/mol. The molecule has 1 heterocycles. The molecule has 1 saturated heterocycles. The molecule has 2 fully saturated rings. The van der Waals surface area contributed by atoms with Gasteiger partial charge in [0.15, 0.2) is 0 Å². The molecule has 0 aromatic rings. The minimum absolute atomic E-state index is 0.0184. The molecule has 2 aliphatic rings. The number of ketones is 1. The highest BCUT2D eigenvalue weighted by Gasteiger charge is 2.49. The molecule has 1 spiro atoms. The number of thioether (sulfide) groups is 2. The second-order valence-electron chi connectivity index (χ2n) is 5.83. The summed E-state index contributed by atoms with van der Waals surface area (Å²) in [6.07, 6.45) is 1.63. The number of hydrogen-bond acceptors (Lipinski definition) is 7. The van der Waals surface area contributed by atoms with Crippen molar-refractivity contribution in [2.45, 2.75) is 43.6 Å². The van der Waals surface area contributed by atoms with Crippen molar-refractivity contribution in [1.82, 2.24) is 0 Å². The third kappa shape index (κ3) is 4.89. The third-order valence-electron chi connectivity index (χ3n) is 4.17. The number of carbonyl (C=O) groups excluding carboxylic acids is 3. The van der Waals surface area contributed by atoms with E-state index in [0.29, 0.717) is 26.1 Å². The molecular formula is C16H24O5S2. The van der Waals surface area contributed by atoms with E-state index in [4.69, 9.17) is 9.47 Å². The van der Waals surface area contributed by atoms with Crippen molar-refractivity contribution in [3.63, 3.8) is 0 Å². The van der Waals surface area contributed by atoms with E-state index < -0.39 is 0 Å². The molecule has 0 radical (unpaired) electrons. The largest absolute Gasteiger partial charge is 0.466 e. The van der Waals surface area contributed by atoms with Crippen LogP contribution in [0.2, 0.25) is 0 Å². The minimum atomic E-state index is -0.347. The second-order valence-corrected chi connectivity index (χ2v) is 9.05. The first-order valence-electron chi connectivity index (χ1n) is 8.12.